The van der Waals surface area contributed by atoms with Crippen LogP contribution in [0, 0.1) is 0 Å². The van der Waals surface area contributed by atoms with Crippen LogP contribution < -0.4 is 9.64 Å². The van der Waals surface area contributed by atoms with Crippen molar-refractivity contribution in [1.29, 1.82) is 0 Å². The highest BCUT2D eigenvalue weighted by Crippen LogP contribution is 2.34. The van der Waals surface area contributed by atoms with Crippen molar-refractivity contribution in [3.63, 3.8) is 0 Å². The number of halogens is 1. The predicted octanol–water partition coefficient (Wildman–Crippen LogP) is 3.16. The second-order valence-electron chi connectivity index (χ2n) is 4.66. The summed E-state index contributed by atoms with van der Waals surface area (Å²) in [7, 11) is 0. The number of para-hydroxylation sites is 2. The van der Waals surface area contributed by atoms with E-state index in [9.17, 15) is 4.79 Å². The van der Waals surface area contributed by atoms with Crippen LogP contribution in [0.25, 0.3) is 0 Å². The summed E-state index contributed by atoms with van der Waals surface area (Å²) in [5, 5.41) is 0. The van der Waals surface area contributed by atoms with Crippen LogP contribution in [0.15, 0.2) is 47.2 Å². The fraction of sp³-hybridized carbons (Fsp3) is 0.200. The Bertz CT molecular complexity index is 660. The van der Waals surface area contributed by atoms with Crippen LogP contribution in [0.3, 0.4) is 0 Å². The molecule has 1 amide bonds. The minimum Gasteiger partial charge on any atom is -0.479 e. The molecule has 2 aromatic rings. The van der Waals surface area contributed by atoms with Gasteiger partial charge in [-0.05, 0) is 46.6 Å². The highest BCUT2D eigenvalue weighted by Gasteiger charge is 2.31. The van der Waals surface area contributed by atoms with Gasteiger partial charge < -0.3 is 9.64 Å². The number of rotatable bonds is 2. The van der Waals surface area contributed by atoms with Crippen molar-refractivity contribution >= 4 is 27.5 Å². The lowest BCUT2D eigenvalue weighted by Gasteiger charge is -2.33. The molecule has 20 heavy (non-hydrogen) atoms. The number of nitrogens with zero attached hydrogens (tertiary/aromatic N) is 2. The Morgan fingerprint density at radius 1 is 1.35 bits per heavy atom. The van der Waals surface area contributed by atoms with E-state index in [1.165, 1.54) is 0 Å². The first-order chi connectivity index (χ1) is 9.65. The Morgan fingerprint density at radius 3 is 2.95 bits per heavy atom. The molecular formula is C15H13BrN2O2. The van der Waals surface area contributed by atoms with Crippen molar-refractivity contribution in [3.05, 3.63) is 52.8 Å². The Balaban J connectivity index is 1.97. The van der Waals surface area contributed by atoms with Gasteiger partial charge >= 0.3 is 0 Å². The number of fused-ring (bicyclic) bond motifs is 1. The zero-order valence-corrected chi connectivity index (χ0v) is 12.5. The van der Waals surface area contributed by atoms with E-state index in [2.05, 4.69) is 20.9 Å². The van der Waals surface area contributed by atoms with Crippen LogP contribution in [-0.4, -0.2) is 17.0 Å². The number of aromatic nitrogens is 1. The summed E-state index contributed by atoms with van der Waals surface area (Å²) < 4.78 is 6.52. The molecule has 1 aromatic heterocycles. The summed E-state index contributed by atoms with van der Waals surface area (Å²) in [5.74, 6) is 0.700. The zero-order chi connectivity index (χ0) is 14.1. The van der Waals surface area contributed by atoms with Gasteiger partial charge in [0.1, 0.15) is 5.75 Å². The van der Waals surface area contributed by atoms with Gasteiger partial charge in [-0.15, -0.1) is 0 Å². The Morgan fingerprint density at radius 2 is 2.15 bits per heavy atom. The van der Waals surface area contributed by atoms with Crippen LogP contribution in [-0.2, 0) is 11.3 Å². The molecule has 5 heteroatoms. The largest absolute Gasteiger partial charge is 0.479 e. The second kappa shape index (κ2) is 5.25. The molecular weight excluding hydrogens is 320 g/mol. The first-order valence-corrected chi connectivity index (χ1v) is 7.11. The van der Waals surface area contributed by atoms with Crippen molar-refractivity contribution in [1.82, 2.24) is 4.98 Å². The third-order valence-electron chi connectivity index (χ3n) is 3.18. The summed E-state index contributed by atoms with van der Waals surface area (Å²) >= 11 is 3.40. The third kappa shape index (κ3) is 2.41. The number of carbonyl (C=O) groups is 1. The molecule has 102 valence electrons. The molecule has 1 aliphatic heterocycles. The number of hydrogen-bond donors (Lipinski definition) is 0. The van der Waals surface area contributed by atoms with E-state index in [0.29, 0.717) is 6.54 Å². The number of hydrogen-bond acceptors (Lipinski definition) is 3. The van der Waals surface area contributed by atoms with E-state index in [-0.39, 0.29) is 5.91 Å². The standard InChI is InChI=1S/C15H13BrN2O2/c1-10-15(19)18(9-11-6-12(16)8-17-7-11)13-4-2-3-5-14(13)20-10/h2-8,10H,9H2,1H3. The van der Waals surface area contributed by atoms with Crippen LogP contribution in [0.5, 0.6) is 5.75 Å². The monoisotopic (exact) mass is 332 g/mol. The molecule has 0 fully saturated rings. The molecule has 1 aliphatic rings. The van der Waals surface area contributed by atoms with Crippen molar-refractivity contribution in [2.24, 2.45) is 0 Å². The fourth-order valence-corrected chi connectivity index (χ4v) is 2.66. The van der Waals surface area contributed by atoms with Gasteiger partial charge in [-0.1, -0.05) is 12.1 Å². The highest BCUT2D eigenvalue weighted by atomic mass is 79.9. The zero-order valence-electron chi connectivity index (χ0n) is 10.9. The van der Waals surface area contributed by atoms with E-state index in [1.54, 1.807) is 24.2 Å². The van der Waals surface area contributed by atoms with Gasteiger partial charge in [0.15, 0.2) is 6.10 Å². The van der Waals surface area contributed by atoms with Gasteiger partial charge in [-0.25, -0.2) is 0 Å². The minimum absolute atomic E-state index is 0.0383. The van der Waals surface area contributed by atoms with Gasteiger partial charge in [-0.2, -0.15) is 0 Å². The molecule has 0 radical (unpaired) electrons. The Kier molecular flexibility index (Phi) is 3.44. The van der Waals surface area contributed by atoms with Crippen molar-refractivity contribution in [3.8, 4) is 5.75 Å². The number of amides is 1. The number of ether oxygens (including phenoxy) is 1. The number of carbonyl (C=O) groups excluding carboxylic acids is 1. The summed E-state index contributed by atoms with van der Waals surface area (Å²) in [6, 6.07) is 9.54. The molecule has 3 rings (SSSR count). The summed E-state index contributed by atoms with van der Waals surface area (Å²) in [6.45, 7) is 2.25. The quantitative estimate of drug-likeness (QED) is 0.848. The Hall–Kier alpha value is -1.88. The second-order valence-corrected chi connectivity index (χ2v) is 5.58. The molecule has 0 saturated carbocycles. The molecule has 0 spiro atoms. The maximum absolute atomic E-state index is 12.3. The molecule has 1 aromatic carbocycles. The summed E-state index contributed by atoms with van der Waals surface area (Å²) in [5.41, 5.74) is 1.77. The normalized spacial score (nSPS) is 17.6. The lowest BCUT2D eigenvalue weighted by Crippen LogP contribution is -2.43. The topological polar surface area (TPSA) is 42.4 Å². The highest BCUT2D eigenvalue weighted by molar-refractivity contribution is 9.10. The van der Waals surface area contributed by atoms with Gasteiger partial charge in [0.25, 0.3) is 5.91 Å². The van der Waals surface area contributed by atoms with Crippen LogP contribution in [0.4, 0.5) is 5.69 Å². The van der Waals surface area contributed by atoms with Crippen LogP contribution >= 0.6 is 15.9 Å². The first-order valence-electron chi connectivity index (χ1n) is 6.31. The third-order valence-corrected chi connectivity index (χ3v) is 3.61. The van der Waals surface area contributed by atoms with Gasteiger partial charge in [0.05, 0.1) is 12.2 Å². The number of pyridine rings is 1. The van der Waals surface area contributed by atoms with Crippen molar-refractivity contribution < 1.29 is 9.53 Å². The van der Waals surface area contributed by atoms with E-state index in [0.717, 1.165) is 21.5 Å². The minimum atomic E-state index is -0.468. The average molecular weight is 333 g/mol. The van der Waals surface area contributed by atoms with E-state index in [4.69, 9.17) is 4.74 Å². The van der Waals surface area contributed by atoms with Crippen LogP contribution in [0.1, 0.15) is 12.5 Å². The first kappa shape index (κ1) is 13.1. The summed E-state index contributed by atoms with van der Waals surface area (Å²) in [6.07, 6.45) is 3.02. The molecule has 4 nitrogen and oxygen atoms in total. The Labute approximate surface area is 125 Å². The lowest BCUT2D eigenvalue weighted by molar-refractivity contribution is -0.125. The predicted molar refractivity (Wildman–Crippen MR) is 79.7 cm³/mol. The molecule has 0 bridgehead atoms. The van der Waals surface area contributed by atoms with Gasteiger partial charge in [0, 0.05) is 16.9 Å². The van der Waals surface area contributed by atoms with E-state index >= 15 is 0 Å². The molecule has 1 atom stereocenters. The summed E-state index contributed by atoms with van der Waals surface area (Å²) in [4.78, 5) is 18.2. The van der Waals surface area contributed by atoms with Gasteiger partial charge in [-0.3, -0.25) is 9.78 Å². The SMILES string of the molecule is CC1Oc2ccccc2N(Cc2cncc(Br)c2)C1=O. The van der Waals surface area contributed by atoms with E-state index in [1.807, 2.05) is 30.3 Å². The molecule has 0 aliphatic carbocycles. The lowest BCUT2D eigenvalue weighted by atomic mass is 10.1. The average Bonchev–Trinajstić information content (AvgIpc) is 2.44. The van der Waals surface area contributed by atoms with Crippen LogP contribution in [0.2, 0.25) is 0 Å². The smallest absolute Gasteiger partial charge is 0.268 e. The maximum Gasteiger partial charge on any atom is 0.268 e. The van der Waals surface area contributed by atoms with E-state index < -0.39 is 6.10 Å². The number of anilines is 1. The van der Waals surface area contributed by atoms with Crippen molar-refractivity contribution in [2.45, 2.75) is 19.6 Å². The fourth-order valence-electron chi connectivity index (χ4n) is 2.25. The maximum atomic E-state index is 12.3. The molecule has 0 saturated heterocycles. The molecule has 1 unspecified atom stereocenters. The molecule has 0 N–H and O–H groups in total. The number of benzene rings is 1. The van der Waals surface area contributed by atoms with Crippen molar-refractivity contribution in [2.75, 3.05) is 4.90 Å². The molecule has 2 heterocycles. The van der Waals surface area contributed by atoms with Gasteiger partial charge in [0.2, 0.25) is 0 Å².